The van der Waals surface area contributed by atoms with E-state index in [0.717, 1.165) is 30.6 Å². The zero-order valence-electron chi connectivity index (χ0n) is 18.2. The van der Waals surface area contributed by atoms with Crippen molar-refractivity contribution in [2.45, 2.75) is 31.3 Å². The van der Waals surface area contributed by atoms with Crippen LogP contribution in [0.15, 0.2) is 66.0 Å². The van der Waals surface area contributed by atoms with Crippen molar-refractivity contribution in [3.8, 4) is 5.75 Å². The average Bonchev–Trinajstić information content (AvgIpc) is 3.57. The van der Waals surface area contributed by atoms with E-state index in [0.29, 0.717) is 13.2 Å². The number of carbonyl (C=O) groups excluding carboxylic acids is 2. The molecule has 2 aromatic carbocycles. The van der Waals surface area contributed by atoms with Gasteiger partial charge in [-0.05, 0) is 60.5 Å². The van der Waals surface area contributed by atoms with Gasteiger partial charge in [-0.15, -0.1) is 11.3 Å². The maximum Gasteiger partial charge on any atom is 0.257 e. The predicted octanol–water partition coefficient (Wildman–Crippen LogP) is 4.70. The van der Waals surface area contributed by atoms with Crippen molar-refractivity contribution in [1.29, 1.82) is 0 Å². The van der Waals surface area contributed by atoms with E-state index in [2.05, 4.69) is 6.07 Å². The Morgan fingerprint density at radius 2 is 1.82 bits per heavy atom. The second-order valence-electron chi connectivity index (χ2n) is 8.42. The molecule has 3 aromatic rings. The molecule has 0 N–H and O–H groups in total. The fraction of sp³-hybridized carbons (Fsp3) is 0.308. The molecule has 0 spiro atoms. The minimum Gasteiger partial charge on any atom is -0.491 e. The molecule has 2 aliphatic rings. The van der Waals surface area contributed by atoms with Crippen molar-refractivity contribution in [3.05, 3.63) is 87.9 Å². The van der Waals surface area contributed by atoms with Gasteiger partial charge in [0.2, 0.25) is 5.91 Å². The lowest BCUT2D eigenvalue weighted by molar-refractivity contribution is -0.135. The van der Waals surface area contributed by atoms with E-state index in [-0.39, 0.29) is 30.1 Å². The zero-order valence-corrected chi connectivity index (χ0v) is 19.0. The lowest BCUT2D eigenvalue weighted by Gasteiger charge is -2.37. The normalized spacial score (nSPS) is 17.4. The summed E-state index contributed by atoms with van der Waals surface area (Å²) in [5.74, 6) is -0.364. The van der Waals surface area contributed by atoms with E-state index in [9.17, 15) is 14.0 Å². The van der Waals surface area contributed by atoms with Gasteiger partial charge in [-0.25, -0.2) is 4.39 Å². The molecule has 2 amide bonds. The van der Waals surface area contributed by atoms with Crippen LogP contribution in [0, 0.1) is 5.82 Å². The van der Waals surface area contributed by atoms with E-state index in [1.165, 1.54) is 17.0 Å². The fourth-order valence-electron chi connectivity index (χ4n) is 4.35. The summed E-state index contributed by atoms with van der Waals surface area (Å²) in [6.45, 7) is 0.852. The molecule has 5 rings (SSSR count). The number of para-hydroxylation sites is 1. The highest BCUT2D eigenvalue weighted by molar-refractivity contribution is 7.10. The van der Waals surface area contributed by atoms with E-state index in [4.69, 9.17) is 4.74 Å². The van der Waals surface area contributed by atoms with Crippen LogP contribution in [0.1, 0.15) is 39.7 Å². The van der Waals surface area contributed by atoms with Gasteiger partial charge in [0.1, 0.15) is 24.7 Å². The van der Waals surface area contributed by atoms with Crippen molar-refractivity contribution in [3.63, 3.8) is 0 Å². The number of rotatable bonds is 7. The Kier molecular flexibility index (Phi) is 6.13. The smallest absolute Gasteiger partial charge is 0.257 e. The molecule has 7 heteroatoms. The van der Waals surface area contributed by atoms with Gasteiger partial charge >= 0.3 is 0 Å². The highest BCUT2D eigenvalue weighted by atomic mass is 32.1. The van der Waals surface area contributed by atoms with Crippen molar-refractivity contribution >= 4 is 23.2 Å². The summed E-state index contributed by atoms with van der Waals surface area (Å²) in [6.07, 6.45) is 2.46. The number of carbonyl (C=O) groups is 2. The molecular weight excluding hydrogens is 439 g/mol. The number of hydrogen-bond acceptors (Lipinski definition) is 4. The van der Waals surface area contributed by atoms with Gasteiger partial charge < -0.3 is 14.5 Å². The molecule has 1 aromatic heterocycles. The molecule has 33 heavy (non-hydrogen) atoms. The third kappa shape index (κ3) is 4.64. The van der Waals surface area contributed by atoms with Crippen LogP contribution >= 0.6 is 11.3 Å². The molecule has 0 bridgehead atoms. The zero-order chi connectivity index (χ0) is 22.8. The number of hydrogen-bond donors (Lipinski definition) is 0. The first-order chi connectivity index (χ1) is 16.1. The Morgan fingerprint density at radius 1 is 1.06 bits per heavy atom. The maximum atomic E-state index is 14.3. The predicted molar refractivity (Wildman–Crippen MR) is 125 cm³/mol. The lowest BCUT2D eigenvalue weighted by Crippen LogP contribution is -2.48. The molecule has 0 radical (unpaired) electrons. The van der Waals surface area contributed by atoms with Crippen LogP contribution in [0.25, 0.3) is 0 Å². The fourth-order valence-corrected chi connectivity index (χ4v) is 5.27. The van der Waals surface area contributed by atoms with Crippen LogP contribution < -0.4 is 4.74 Å². The second kappa shape index (κ2) is 9.35. The van der Waals surface area contributed by atoms with E-state index in [1.807, 2.05) is 40.6 Å². The Bertz CT molecular complexity index is 1150. The number of amides is 2. The number of nitrogens with zero attached hydrogens (tertiary/aromatic N) is 2. The molecule has 1 saturated carbocycles. The van der Waals surface area contributed by atoms with Crippen LogP contribution in [-0.2, 0) is 11.2 Å². The summed E-state index contributed by atoms with van der Waals surface area (Å²) in [7, 11) is 0. The summed E-state index contributed by atoms with van der Waals surface area (Å²) in [5, 5.41) is 2.05. The van der Waals surface area contributed by atoms with Crippen LogP contribution in [0.3, 0.4) is 0 Å². The molecular formula is C26H25FN2O3S. The van der Waals surface area contributed by atoms with Gasteiger partial charge in [0, 0.05) is 17.5 Å². The summed E-state index contributed by atoms with van der Waals surface area (Å²) < 4.78 is 20.3. The van der Waals surface area contributed by atoms with Crippen LogP contribution in [0.2, 0.25) is 0 Å². The summed E-state index contributed by atoms with van der Waals surface area (Å²) >= 11 is 1.70. The van der Waals surface area contributed by atoms with Crippen LogP contribution in [0.5, 0.6) is 5.75 Å². The molecule has 0 unspecified atom stereocenters. The number of halogens is 1. The van der Waals surface area contributed by atoms with Crippen LogP contribution in [-0.4, -0.2) is 47.4 Å². The third-order valence-electron chi connectivity index (χ3n) is 6.22. The quantitative estimate of drug-likeness (QED) is 0.510. The molecule has 2 heterocycles. The third-order valence-corrected chi connectivity index (χ3v) is 7.22. The summed E-state index contributed by atoms with van der Waals surface area (Å²) in [5.41, 5.74) is 1.12. The van der Waals surface area contributed by atoms with Gasteiger partial charge in [-0.3, -0.25) is 9.59 Å². The largest absolute Gasteiger partial charge is 0.491 e. The molecule has 1 fully saturated rings. The molecule has 1 aliphatic carbocycles. The highest BCUT2D eigenvalue weighted by Gasteiger charge is 2.38. The maximum absolute atomic E-state index is 14.3. The van der Waals surface area contributed by atoms with Crippen molar-refractivity contribution in [2.24, 2.45) is 0 Å². The summed E-state index contributed by atoms with van der Waals surface area (Å²) in [6, 6.07) is 17.3. The van der Waals surface area contributed by atoms with E-state index < -0.39 is 11.7 Å². The van der Waals surface area contributed by atoms with Gasteiger partial charge in [0.15, 0.2) is 0 Å². The Balaban J connectivity index is 1.35. The molecule has 170 valence electrons. The number of benzene rings is 2. The van der Waals surface area contributed by atoms with Crippen molar-refractivity contribution < 1.29 is 18.7 Å². The van der Waals surface area contributed by atoms with Gasteiger partial charge in [-0.1, -0.05) is 30.3 Å². The first-order valence-corrected chi connectivity index (χ1v) is 12.1. The average molecular weight is 465 g/mol. The molecule has 1 aliphatic heterocycles. The minimum atomic E-state index is -0.560. The van der Waals surface area contributed by atoms with Gasteiger partial charge in [0.05, 0.1) is 11.6 Å². The second-order valence-corrected chi connectivity index (χ2v) is 9.42. The topological polar surface area (TPSA) is 49.9 Å². The Morgan fingerprint density at radius 3 is 2.58 bits per heavy atom. The molecule has 0 saturated heterocycles. The highest BCUT2D eigenvalue weighted by Crippen LogP contribution is 2.35. The van der Waals surface area contributed by atoms with Gasteiger partial charge in [-0.2, -0.15) is 0 Å². The van der Waals surface area contributed by atoms with Gasteiger partial charge in [0.25, 0.3) is 5.91 Å². The number of ether oxygens (including phenoxy) is 1. The number of thiophene rings is 1. The summed E-state index contributed by atoms with van der Waals surface area (Å²) in [4.78, 5) is 31.2. The van der Waals surface area contributed by atoms with E-state index in [1.54, 1.807) is 28.4 Å². The monoisotopic (exact) mass is 464 g/mol. The van der Waals surface area contributed by atoms with Crippen molar-refractivity contribution in [1.82, 2.24) is 9.80 Å². The Labute approximate surface area is 196 Å². The standard InChI is InChI=1S/C26H25FN2O3S/c27-22-9-5-4-8-20(22)26(31)29(18-10-11-18)16-25(30)28-14-12-24-21(13-15-33-24)23(28)17-32-19-6-2-1-3-7-19/h1-9,13,15,18,23H,10-12,14,16-17H2/t23-/m0/s1. The molecule has 5 nitrogen and oxygen atoms in total. The lowest BCUT2D eigenvalue weighted by atomic mass is 10.0. The number of fused-ring (bicyclic) bond motifs is 1. The molecule has 1 atom stereocenters. The first-order valence-electron chi connectivity index (χ1n) is 11.2. The van der Waals surface area contributed by atoms with Crippen molar-refractivity contribution in [2.75, 3.05) is 19.7 Å². The Hall–Kier alpha value is -3.19. The first kappa shape index (κ1) is 21.6. The minimum absolute atomic E-state index is 0.0124. The SMILES string of the molecule is O=C(c1ccccc1F)N(CC(=O)N1CCc2sccc2[C@@H]1COc1ccccc1)C1CC1. The van der Waals surface area contributed by atoms with Crippen LogP contribution in [0.4, 0.5) is 4.39 Å². The van der Waals surface area contributed by atoms with E-state index >= 15 is 0 Å².